The van der Waals surface area contributed by atoms with Gasteiger partial charge in [-0.3, -0.25) is 19.6 Å². The van der Waals surface area contributed by atoms with E-state index >= 15 is 0 Å². The molecule has 0 radical (unpaired) electrons. The van der Waals surface area contributed by atoms with Gasteiger partial charge < -0.3 is 10.6 Å². The number of rotatable bonds is 6. The van der Waals surface area contributed by atoms with Crippen LogP contribution in [0.2, 0.25) is 0 Å². The summed E-state index contributed by atoms with van der Waals surface area (Å²) in [5.74, 6) is 7.79. The number of thiazole rings is 1. The molecule has 3 amide bonds. The summed E-state index contributed by atoms with van der Waals surface area (Å²) in [5.41, 5.74) is -0.667. The predicted molar refractivity (Wildman–Crippen MR) is 112 cm³/mol. The summed E-state index contributed by atoms with van der Waals surface area (Å²) in [6.45, 7) is 1.86. The second kappa shape index (κ2) is 11.0. The predicted octanol–water partition coefficient (Wildman–Crippen LogP) is 1.31. The highest BCUT2D eigenvalue weighted by Gasteiger charge is 2.48. The lowest BCUT2D eigenvalue weighted by molar-refractivity contribution is -0.137. The molecule has 0 aliphatic carbocycles. The second-order valence-corrected chi connectivity index (χ2v) is 7.46. The number of nitrogens with zero attached hydrogens (tertiary/aromatic N) is 1. The van der Waals surface area contributed by atoms with Crippen LogP contribution >= 0.6 is 11.3 Å². The van der Waals surface area contributed by atoms with Crippen molar-refractivity contribution in [2.75, 3.05) is 0 Å². The van der Waals surface area contributed by atoms with Crippen LogP contribution in [0.1, 0.15) is 34.8 Å². The van der Waals surface area contributed by atoms with Gasteiger partial charge in [-0.2, -0.15) is 0 Å². The first-order valence-electron chi connectivity index (χ1n) is 9.00. The van der Waals surface area contributed by atoms with Crippen LogP contribution in [0.5, 0.6) is 0 Å². The first-order valence-corrected chi connectivity index (χ1v) is 9.88. The zero-order valence-corrected chi connectivity index (χ0v) is 17.7. The number of amides is 3. The van der Waals surface area contributed by atoms with E-state index in [4.69, 9.17) is 5.21 Å². The third-order valence-corrected chi connectivity index (χ3v) is 4.85. The molecule has 0 aliphatic heterocycles. The van der Waals surface area contributed by atoms with Gasteiger partial charge in [-0.15, -0.1) is 11.3 Å². The summed E-state index contributed by atoms with van der Waals surface area (Å²) >= 11 is 1.38. The molecule has 1 heterocycles. The van der Waals surface area contributed by atoms with Gasteiger partial charge in [0.2, 0.25) is 5.91 Å². The molecule has 166 valence electrons. The normalized spacial score (nSPS) is 12.8. The molecule has 0 aliphatic rings. The Bertz CT molecular complexity index is 1100. The van der Waals surface area contributed by atoms with Crippen molar-refractivity contribution < 1.29 is 28.4 Å². The fourth-order valence-electron chi connectivity index (χ4n) is 2.58. The average molecular weight is 460 g/mol. The fourth-order valence-corrected chi connectivity index (χ4v) is 3.06. The number of aromatic nitrogens is 1. The second-order valence-electron chi connectivity index (χ2n) is 6.56. The topological polar surface area (TPSA) is 120 Å². The van der Waals surface area contributed by atoms with E-state index in [1.807, 2.05) is 5.32 Å². The minimum atomic E-state index is -3.24. The molecule has 11 heteroatoms. The Morgan fingerprint density at radius 2 is 1.81 bits per heavy atom. The maximum Gasteiger partial charge on any atom is 0.268 e. The van der Waals surface area contributed by atoms with E-state index in [1.54, 1.807) is 11.6 Å². The molecule has 0 saturated carbocycles. The smallest absolute Gasteiger partial charge is 0.268 e. The van der Waals surface area contributed by atoms with E-state index in [1.165, 1.54) is 41.1 Å². The van der Waals surface area contributed by atoms with E-state index in [-0.39, 0.29) is 5.56 Å². The van der Waals surface area contributed by atoms with Crippen molar-refractivity contribution in [3.8, 4) is 23.7 Å². The van der Waals surface area contributed by atoms with Gasteiger partial charge in [-0.1, -0.05) is 5.92 Å². The summed E-state index contributed by atoms with van der Waals surface area (Å²) in [7, 11) is 0. The number of carbonyl (C=O) groups is 3. The standard InChI is InChI=1S/C21H18F2N4O4S/c1-13(28)26-21(2,20(22)23)17(19(30)27-31)25-18(29)15-9-7-14(8-10-15)5-3-4-6-16-24-11-12-32-16/h7-12,17,20,31H,1-2H3,(H,25,29)(H,26,28)(H,27,30). The number of carbonyl (C=O) groups excluding carboxylic acids is 3. The summed E-state index contributed by atoms with van der Waals surface area (Å²) in [5, 5.41) is 15.4. The number of nitrogens with one attached hydrogen (secondary N) is 3. The van der Waals surface area contributed by atoms with Crippen molar-refractivity contribution in [2.24, 2.45) is 0 Å². The molecule has 2 rings (SSSR count). The lowest BCUT2D eigenvalue weighted by Gasteiger charge is -2.36. The number of hydrogen-bond donors (Lipinski definition) is 4. The zero-order valence-electron chi connectivity index (χ0n) is 16.9. The quantitative estimate of drug-likeness (QED) is 0.294. The lowest BCUT2D eigenvalue weighted by atomic mass is 9.91. The first kappa shape index (κ1) is 24.5. The van der Waals surface area contributed by atoms with Crippen LogP contribution in [-0.2, 0) is 9.59 Å². The minimum Gasteiger partial charge on any atom is -0.343 e. The molecule has 4 N–H and O–H groups in total. The van der Waals surface area contributed by atoms with Gasteiger partial charge in [0.1, 0.15) is 11.6 Å². The van der Waals surface area contributed by atoms with E-state index in [9.17, 15) is 23.2 Å². The van der Waals surface area contributed by atoms with Crippen molar-refractivity contribution in [3.05, 3.63) is 52.0 Å². The van der Waals surface area contributed by atoms with Gasteiger partial charge in [0.25, 0.3) is 18.2 Å². The van der Waals surface area contributed by atoms with Crippen LogP contribution in [0, 0.1) is 23.7 Å². The maximum atomic E-state index is 13.7. The van der Waals surface area contributed by atoms with E-state index in [2.05, 4.69) is 34.0 Å². The molecule has 0 fully saturated rings. The lowest BCUT2D eigenvalue weighted by Crippen LogP contribution is -2.68. The molecular weight excluding hydrogens is 442 g/mol. The molecule has 1 aromatic heterocycles. The Morgan fingerprint density at radius 1 is 1.16 bits per heavy atom. The molecule has 0 saturated heterocycles. The van der Waals surface area contributed by atoms with Gasteiger partial charge in [-0.25, -0.2) is 19.2 Å². The molecular formula is C21H18F2N4O4S. The van der Waals surface area contributed by atoms with Crippen molar-refractivity contribution in [3.63, 3.8) is 0 Å². The number of hydroxylamine groups is 1. The third kappa shape index (κ3) is 6.35. The first-order chi connectivity index (χ1) is 15.2. The van der Waals surface area contributed by atoms with Crippen LogP contribution in [0.4, 0.5) is 8.78 Å². The SMILES string of the molecule is CC(=O)NC(C)(C(F)F)C(NC(=O)c1ccc(C#CC#Cc2nccs2)cc1)C(=O)NO. The molecule has 8 nitrogen and oxygen atoms in total. The Labute approximate surface area is 186 Å². The van der Waals surface area contributed by atoms with Gasteiger partial charge in [0.15, 0.2) is 5.01 Å². The monoisotopic (exact) mass is 460 g/mol. The van der Waals surface area contributed by atoms with Crippen LogP contribution in [-0.4, -0.2) is 45.9 Å². The summed E-state index contributed by atoms with van der Waals surface area (Å²) in [6, 6.07) is 3.80. The minimum absolute atomic E-state index is 0.0413. The summed E-state index contributed by atoms with van der Waals surface area (Å²) < 4.78 is 27.4. The van der Waals surface area contributed by atoms with Crippen molar-refractivity contribution in [2.45, 2.75) is 31.9 Å². The highest BCUT2D eigenvalue weighted by molar-refractivity contribution is 7.10. The molecule has 2 unspecified atom stereocenters. The van der Waals surface area contributed by atoms with Gasteiger partial charge in [-0.05, 0) is 49.0 Å². The van der Waals surface area contributed by atoms with Crippen LogP contribution < -0.4 is 16.1 Å². The largest absolute Gasteiger partial charge is 0.343 e. The Kier molecular flexibility index (Phi) is 8.41. The maximum absolute atomic E-state index is 13.7. The highest BCUT2D eigenvalue weighted by Crippen LogP contribution is 2.21. The van der Waals surface area contributed by atoms with E-state index < -0.39 is 35.7 Å². The van der Waals surface area contributed by atoms with Crippen LogP contribution in [0.15, 0.2) is 35.8 Å². The number of hydrogen-bond acceptors (Lipinski definition) is 6. The zero-order chi connectivity index (χ0) is 23.7. The number of alkyl halides is 2. The molecule has 32 heavy (non-hydrogen) atoms. The molecule has 1 aromatic carbocycles. The van der Waals surface area contributed by atoms with Crippen molar-refractivity contribution >= 4 is 29.1 Å². The summed E-state index contributed by atoms with van der Waals surface area (Å²) in [6.07, 6.45) is -1.61. The van der Waals surface area contributed by atoms with Gasteiger partial charge in [0, 0.05) is 29.6 Å². The van der Waals surface area contributed by atoms with Gasteiger partial charge >= 0.3 is 0 Å². The highest BCUT2D eigenvalue weighted by atomic mass is 32.1. The van der Waals surface area contributed by atoms with E-state index in [0.29, 0.717) is 10.6 Å². The Hall–Kier alpha value is -3.80. The molecule has 0 spiro atoms. The van der Waals surface area contributed by atoms with Gasteiger partial charge in [0.05, 0.1) is 0 Å². The van der Waals surface area contributed by atoms with Crippen molar-refractivity contribution in [1.82, 2.24) is 21.1 Å². The Balaban J connectivity index is 2.18. The molecule has 2 aromatic rings. The van der Waals surface area contributed by atoms with E-state index in [0.717, 1.165) is 13.8 Å². The average Bonchev–Trinajstić information content (AvgIpc) is 3.27. The van der Waals surface area contributed by atoms with Crippen molar-refractivity contribution in [1.29, 1.82) is 0 Å². The number of benzene rings is 1. The number of halogens is 2. The van der Waals surface area contributed by atoms with Crippen LogP contribution in [0.25, 0.3) is 0 Å². The molecule has 2 atom stereocenters. The fraction of sp³-hybridized carbons (Fsp3) is 0.238. The third-order valence-electron chi connectivity index (χ3n) is 4.16. The summed E-state index contributed by atoms with van der Waals surface area (Å²) in [4.78, 5) is 39.9. The van der Waals surface area contributed by atoms with Crippen LogP contribution in [0.3, 0.4) is 0 Å². The Morgan fingerprint density at radius 3 is 2.34 bits per heavy atom. The molecule has 0 bridgehead atoms.